The minimum atomic E-state index is 1.12. The van der Waals surface area contributed by atoms with Crippen molar-refractivity contribution in [1.82, 2.24) is 5.32 Å². The van der Waals surface area contributed by atoms with Gasteiger partial charge in [-0.25, -0.2) is 0 Å². The molecule has 0 atom stereocenters. The van der Waals surface area contributed by atoms with Crippen LogP contribution in [0.25, 0.3) is 0 Å². The fourth-order valence-electron chi connectivity index (χ4n) is 2.68. The number of piperazine rings is 1. The second kappa shape index (κ2) is 7.42. The Morgan fingerprint density at radius 1 is 1.06 bits per heavy atom. The molecule has 0 amide bonds. The van der Waals surface area contributed by atoms with Crippen LogP contribution in [0.1, 0.15) is 38.2 Å². The Balaban J connectivity index is 1.96. The van der Waals surface area contributed by atoms with Gasteiger partial charge < -0.3 is 10.2 Å². The first-order chi connectivity index (χ1) is 8.92. The smallest absolute Gasteiger partial charge is 0.0399 e. The van der Waals surface area contributed by atoms with Gasteiger partial charge in [0.25, 0.3) is 0 Å². The number of nitrogens with zero attached hydrogens (tertiary/aromatic N) is 1. The molecule has 2 rings (SSSR count). The van der Waals surface area contributed by atoms with E-state index in [1.54, 1.807) is 0 Å². The number of hydrogen-bond donors (Lipinski definition) is 1. The summed E-state index contributed by atoms with van der Waals surface area (Å²) in [6.45, 7) is 6.79. The van der Waals surface area contributed by atoms with E-state index >= 15 is 0 Å². The van der Waals surface area contributed by atoms with Crippen LogP contribution in [0.5, 0.6) is 0 Å². The lowest BCUT2D eigenvalue weighted by molar-refractivity contribution is 0.586. The molecule has 0 bridgehead atoms. The van der Waals surface area contributed by atoms with Crippen molar-refractivity contribution in [3.05, 3.63) is 29.8 Å². The summed E-state index contributed by atoms with van der Waals surface area (Å²) in [5, 5.41) is 3.42. The van der Waals surface area contributed by atoms with Gasteiger partial charge in [0.1, 0.15) is 0 Å². The summed E-state index contributed by atoms with van der Waals surface area (Å²) in [6, 6.07) is 8.96. The Kier molecular flexibility index (Phi) is 5.53. The Hall–Kier alpha value is -1.02. The normalized spacial score (nSPS) is 15.9. The summed E-state index contributed by atoms with van der Waals surface area (Å²) < 4.78 is 0. The van der Waals surface area contributed by atoms with Gasteiger partial charge in [0.2, 0.25) is 0 Å². The van der Waals surface area contributed by atoms with E-state index in [4.69, 9.17) is 0 Å². The van der Waals surface area contributed by atoms with Gasteiger partial charge in [0.05, 0.1) is 0 Å². The minimum Gasteiger partial charge on any atom is -0.369 e. The number of benzene rings is 1. The summed E-state index contributed by atoms with van der Waals surface area (Å²) in [6.07, 6.45) is 6.62. The van der Waals surface area contributed by atoms with Crippen LogP contribution in [0.15, 0.2) is 24.3 Å². The van der Waals surface area contributed by atoms with Gasteiger partial charge >= 0.3 is 0 Å². The molecule has 0 unspecified atom stereocenters. The van der Waals surface area contributed by atoms with Crippen molar-refractivity contribution in [2.75, 3.05) is 31.1 Å². The van der Waals surface area contributed by atoms with Crippen LogP contribution < -0.4 is 10.2 Å². The molecule has 1 aliphatic heterocycles. The molecule has 1 aliphatic rings. The number of nitrogens with one attached hydrogen (secondary N) is 1. The zero-order valence-electron chi connectivity index (χ0n) is 11.6. The van der Waals surface area contributed by atoms with Crippen molar-refractivity contribution in [3.8, 4) is 0 Å². The molecule has 0 saturated carbocycles. The number of hydrogen-bond acceptors (Lipinski definition) is 2. The monoisotopic (exact) mass is 246 g/mol. The van der Waals surface area contributed by atoms with Crippen molar-refractivity contribution in [1.29, 1.82) is 0 Å². The molecule has 1 N–H and O–H groups in total. The van der Waals surface area contributed by atoms with E-state index in [-0.39, 0.29) is 0 Å². The van der Waals surface area contributed by atoms with Gasteiger partial charge in [-0.15, -0.1) is 0 Å². The van der Waals surface area contributed by atoms with E-state index in [1.807, 2.05) is 0 Å². The predicted molar refractivity (Wildman–Crippen MR) is 79.4 cm³/mol. The van der Waals surface area contributed by atoms with Gasteiger partial charge in [0, 0.05) is 31.9 Å². The zero-order chi connectivity index (χ0) is 12.6. The maximum Gasteiger partial charge on any atom is 0.0399 e. The number of unbranched alkanes of at least 4 members (excludes halogenated alkanes) is 3. The molecule has 18 heavy (non-hydrogen) atoms. The van der Waals surface area contributed by atoms with Gasteiger partial charge in [-0.05, 0) is 24.5 Å². The molecule has 100 valence electrons. The highest BCUT2D eigenvalue weighted by Crippen LogP contribution is 2.22. The van der Waals surface area contributed by atoms with Crippen LogP contribution in [0.3, 0.4) is 0 Å². The van der Waals surface area contributed by atoms with Crippen LogP contribution in [-0.2, 0) is 6.42 Å². The van der Waals surface area contributed by atoms with Gasteiger partial charge in [-0.3, -0.25) is 0 Å². The molecular formula is C16H26N2. The molecule has 1 saturated heterocycles. The van der Waals surface area contributed by atoms with Crippen LogP contribution in [-0.4, -0.2) is 26.2 Å². The van der Waals surface area contributed by atoms with Gasteiger partial charge in [-0.1, -0.05) is 44.4 Å². The van der Waals surface area contributed by atoms with Crippen LogP contribution in [0.4, 0.5) is 5.69 Å². The average Bonchev–Trinajstić information content (AvgIpc) is 2.45. The molecule has 0 aromatic heterocycles. The molecule has 0 aliphatic carbocycles. The SMILES string of the molecule is CCCCCCc1ccccc1N1CCNCC1. The third kappa shape index (κ3) is 3.74. The number of rotatable bonds is 6. The average molecular weight is 246 g/mol. The first kappa shape index (κ1) is 13.4. The van der Waals surface area contributed by atoms with E-state index in [9.17, 15) is 0 Å². The molecule has 0 spiro atoms. The lowest BCUT2D eigenvalue weighted by atomic mass is 10.0. The van der Waals surface area contributed by atoms with Crippen LogP contribution in [0, 0.1) is 0 Å². The highest BCUT2D eigenvalue weighted by Gasteiger charge is 2.13. The topological polar surface area (TPSA) is 15.3 Å². The predicted octanol–water partition coefficient (Wildman–Crippen LogP) is 3.22. The van der Waals surface area contributed by atoms with Gasteiger partial charge in [-0.2, -0.15) is 0 Å². The first-order valence-corrected chi connectivity index (χ1v) is 7.45. The maximum absolute atomic E-state index is 3.42. The standard InChI is InChI=1S/C16H26N2/c1-2-3-4-5-8-15-9-6-7-10-16(15)18-13-11-17-12-14-18/h6-7,9-10,17H,2-5,8,11-14H2,1H3. The Bertz CT molecular complexity index is 343. The Morgan fingerprint density at radius 2 is 1.83 bits per heavy atom. The molecule has 0 radical (unpaired) electrons. The van der Waals surface area contributed by atoms with Crippen molar-refractivity contribution < 1.29 is 0 Å². The largest absolute Gasteiger partial charge is 0.369 e. The zero-order valence-corrected chi connectivity index (χ0v) is 11.6. The highest BCUT2D eigenvalue weighted by molar-refractivity contribution is 5.54. The summed E-state index contributed by atoms with van der Waals surface area (Å²) in [5.41, 5.74) is 3.01. The maximum atomic E-state index is 3.42. The van der Waals surface area contributed by atoms with E-state index in [2.05, 4.69) is 41.4 Å². The summed E-state index contributed by atoms with van der Waals surface area (Å²) >= 11 is 0. The molecule has 2 nitrogen and oxygen atoms in total. The van der Waals surface area contributed by atoms with E-state index in [1.165, 1.54) is 43.4 Å². The molecular weight excluding hydrogens is 220 g/mol. The molecule has 1 heterocycles. The highest BCUT2D eigenvalue weighted by atomic mass is 15.2. The molecule has 1 aromatic rings. The minimum absolute atomic E-state index is 1.12. The number of para-hydroxylation sites is 1. The fraction of sp³-hybridized carbons (Fsp3) is 0.625. The van der Waals surface area contributed by atoms with Crippen molar-refractivity contribution in [2.24, 2.45) is 0 Å². The lowest BCUT2D eigenvalue weighted by Crippen LogP contribution is -2.43. The van der Waals surface area contributed by atoms with E-state index in [0.717, 1.165) is 26.2 Å². The second-order valence-electron chi connectivity index (χ2n) is 5.18. The van der Waals surface area contributed by atoms with Crippen LogP contribution >= 0.6 is 0 Å². The summed E-state index contributed by atoms with van der Waals surface area (Å²) in [5.74, 6) is 0. The lowest BCUT2D eigenvalue weighted by Gasteiger charge is -2.31. The molecule has 2 heteroatoms. The fourth-order valence-corrected chi connectivity index (χ4v) is 2.68. The van der Waals surface area contributed by atoms with Crippen LogP contribution in [0.2, 0.25) is 0 Å². The number of aryl methyl sites for hydroxylation is 1. The summed E-state index contributed by atoms with van der Waals surface area (Å²) in [4.78, 5) is 2.53. The molecule has 1 aromatic carbocycles. The van der Waals surface area contributed by atoms with Crippen molar-refractivity contribution in [2.45, 2.75) is 39.0 Å². The van der Waals surface area contributed by atoms with Gasteiger partial charge in [0.15, 0.2) is 0 Å². The Morgan fingerprint density at radius 3 is 2.61 bits per heavy atom. The van der Waals surface area contributed by atoms with E-state index < -0.39 is 0 Å². The molecule has 1 fully saturated rings. The van der Waals surface area contributed by atoms with Crippen molar-refractivity contribution in [3.63, 3.8) is 0 Å². The summed E-state index contributed by atoms with van der Waals surface area (Å²) in [7, 11) is 0. The quantitative estimate of drug-likeness (QED) is 0.775. The van der Waals surface area contributed by atoms with E-state index in [0.29, 0.717) is 0 Å². The van der Waals surface area contributed by atoms with Crippen molar-refractivity contribution >= 4 is 5.69 Å². The first-order valence-electron chi connectivity index (χ1n) is 7.45. The second-order valence-corrected chi connectivity index (χ2v) is 5.18. The number of anilines is 1. The Labute approximate surface area is 111 Å². The third-order valence-corrected chi connectivity index (χ3v) is 3.75. The third-order valence-electron chi connectivity index (χ3n) is 3.75.